The molecule has 16 heavy (non-hydrogen) atoms. The maximum absolute atomic E-state index is 8.75. The van der Waals surface area contributed by atoms with Crippen molar-refractivity contribution in [2.24, 2.45) is 0 Å². The molecule has 0 aliphatic heterocycles. The normalized spacial score (nSPS) is 9.75. The molecular formula is C12H8IN3. The Morgan fingerprint density at radius 1 is 1.12 bits per heavy atom. The van der Waals surface area contributed by atoms with Gasteiger partial charge in [-0.2, -0.15) is 5.26 Å². The average Bonchev–Trinajstić information content (AvgIpc) is 2.30. The number of hydrogen-bond donors (Lipinski definition) is 1. The van der Waals surface area contributed by atoms with E-state index in [4.69, 9.17) is 11.0 Å². The molecule has 2 rings (SSSR count). The summed E-state index contributed by atoms with van der Waals surface area (Å²) in [7, 11) is 0. The van der Waals surface area contributed by atoms with E-state index in [1.165, 1.54) is 3.57 Å². The lowest BCUT2D eigenvalue weighted by molar-refractivity contribution is 1.31. The highest BCUT2D eigenvalue weighted by molar-refractivity contribution is 14.1. The van der Waals surface area contributed by atoms with Crippen molar-refractivity contribution in [1.82, 2.24) is 4.98 Å². The predicted octanol–water partition coefficient (Wildman–Crippen LogP) is 2.81. The molecule has 0 aliphatic carbocycles. The zero-order valence-corrected chi connectivity index (χ0v) is 10.5. The van der Waals surface area contributed by atoms with Crippen LogP contribution in [0.25, 0.3) is 11.3 Å². The van der Waals surface area contributed by atoms with Gasteiger partial charge in [-0.3, -0.25) is 0 Å². The van der Waals surface area contributed by atoms with Gasteiger partial charge >= 0.3 is 0 Å². The molecule has 1 aromatic heterocycles. The number of pyridine rings is 1. The van der Waals surface area contributed by atoms with Gasteiger partial charge in [0.2, 0.25) is 0 Å². The minimum atomic E-state index is 0.276. The van der Waals surface area contributed by atoms with Gasteiger partial charge in [0.05, 0.1) is 11.3 Å². The van der Waals surface area contributed by atoms with Crippen molar-refractivity contribution in [2.45, 2.75) is 0 Å². The molecular weight excluding hydrogens is 313 g/mol. The van der Waals surface area contributed by atoms with E-state index in [0.717, 1.165) is 11.3 Å². The maximum atomic E-state index is 8.75. The van der Waals surface area contributed by atoms with Crippen LogP contribution in [0.1, 0.15) is 5.56 Å². The van der Waals surface area contributed by atoms with Crippen molar-refractivity contribution in [3.8, 4) is 17.3 Å². The van der Waals surface area contributed by atoms with Gasteiger partial charge in [0.15, 0.2) is 0 Å². The summed E-state index contributed by atoms with van der Waals surface area (Å²) in [5.74, 6) is 0.276. The molecule has 4 heteroatoms. The molecule has 0 saturated heterocycles. The highest BCUT2D eigenvalue weighted by Gasteiger charge is 2.03. The fourth-order valence-electron chi connectivity index (χ4n) is 1.35. The van der Waals surface area contributed by atoms with Crippen LogP contribution >= 0.6 is 22.6 Å². The largest absolute Gasteiger partial charge is 0.383 e. The highest BCUT2D eigenvalue weighted by atomic mass is 127. The van der Waals surface area contributed by atoms with Crippen LogP contribution in [0.3, 0.4) is 0 Å². The second-order valence-corrected chi connectivity index (χ2v) is 4.49. The first-order chi connectivity index (χ1) is 7.70. The lowest BCUT2D eigenvalue weighted by Crippen LogP contribution is -1.96. The van der Waals surface area contributed by atoms with Gasteiger partial charge in [0.25, 0.3) is 0 Å². The van der Waals surface area contributed by atoms with Crippen LogP contribution in [0.4, 0.5) is 5.82 Å². The van der Waals surface area contributed by atoms with E-state index >= 15 is 0 Å². The standard InChI is InChI=1S/C12H8IN3/c13-10-4-1-8(2-5-10)11-6-3-9(7-14)12(15)16-11/h1-6H,(H2,15,16). The Morgan fingerprint density at radius 2 is 1.81 bits per heavy atom. The van der Waals surface area contributed by atoms with Crippen LogP contribution in [0.5, 0.6) is 0 Å². The van der Waals surface area contributed by atoms with Gasteiger partial charge in [-0.1, -0.05) is 12.1 Å². The van der Waals surface area contributed by atoms with E-state index in [2.05, 4.69) is 27.6 Å². The van der Waals surface area contributed by atoms with E-state index in [1.54, 1.807) is 12.1 Å². The van der Waals surface area contributed by atoms with Gasteiger partial charge < -0.3 is 5.73 Å². The summed E-state index contributed by atoms with van der Waals surface area (Å²) in [5, 5.41) is 8.75. The molecule has 0 radical (unpaired) electrons. The molecule has 3 nitrogen and oxygen atoms in total. The van der Waals surface area contributed by atoms with Crippen LogP contribution < -0.4 is 5.73 Å². The lowest BCUT2D eigenvalue weighted by Gasteiger charge is -2.03. The van der Waals surface area contributed by atoms with Crippen LogP contribution in [0.15, 0.2) is 36.4 Å². The SMILES string of the molecule is N#Cc1ccc(-c2ccc(I)cc2)nc1N. The first-order valence-corrected chi connectivity index (χ1v) is 5.71. The quantitative estimate of drug-likeness (QED) is 0.822. The monoisotopic (exact) mass is 321 g/mol. The Hall–Kier alpha value is -1.61. The third-order valence-electron chi connectivity index (χ3n) is 2.19. The average molecular weight is 321 g/mol. The van der Waals surface area contributed by atoms with Crippen molar-refractivity contribution in [2.75, 3.05) is 5.73 Å². The van der Waals surface area contributed by atoms with Crippen molar-refractivity contribution in [1.29, 1.82) is 5.26 Å². The minimum absolute atomic E-state index is 0.276. The van der Waals surface area contributed by atoms with Gasteiger partial charge in [-0.05, 0) is 46.9 Å². The fourth-order valence-corrected chi connectivity index (χ4v) is 1.71. The Bertz CT molecular complexity index is 555. The zero-order valence-electron chi connectivity index (χ0n) is 8.31. The van der Waals surface area contributed by atoms with Gasteiger partial charge in [0.1, 0.15) is 11.9 Å². The van der Waals surface area contributed by atoms with Gasteiger partial charge in [-0.15, -0.1) is 0 Å². The maximum Gasteiger partial charge on any atom is 0.142 e. The first-order valence-electron chi connectivity index (χ1n) is 4.63. The number of nitrogens with zero attached hydrogens (tertiary/aromatic N) is 2. The molecule has 1 aromatic carbocycles. The molecule has 78 valence electrons. The molecule has 1 heterocycles. The summed E-state index contributed by atoms with van der Waals surface area (Å²) in [6, 6.07) is 13.5. The fraction of sp³-hybridized carbons (Fsp3) is 0. The van der Waals surface area contributed by atoms with E-state index in [9.17, 15) is 0 Å². The Kier molecular flexibility index (Phi) is 3.06. The summed E-state index contributed by atoms with van der Waals surface area (Å²) in [6.45, 7) is 0. The number of anilines is 1. The van der Waals surface area contributed by atoms with E-state index in [0.29, 0.717) is 5.56 Å². The summed E-state index contributed by atoms with van der Waals surface area (Å²) in [5.41, 5.74) is 7.86. The molecule has 0 amide bonds. The third kappa shape index (κ3) is 2.14. The van der Waals surface area contributed by atoms with E-state index in [-0.39, 0.29) is 5.82 Å². The summed E-state index contributed by atoms with van der Waals surface area (Å²) in [4.78, 5) is 4.20. The number of halogens is 1. The number of rotatable bonds is 1. The Labute approximate surface area is 107 Å². The molecule has 0 unspecified atom stereocenters. The zero-order chi connectivity index (χ0) is 11.5. The van der Waals surface area contributed by atoms with Crippen molar-refractivity contribution >= 4 is 28.4 Å². The molecule has 0 bridgehead atoms. The summed E-state index contributed by atoms with van der Waals surface area (Å²) >= 11 is 2.25. The second kappa shape index (κ2) is 4.49. The van der Waals surface area contributed by atoms with Crippen molar-refractivity contribution in [3.63, 3.8) is 0 Å². The van der Waals surface area contributed by atoms with Crippen LogP contribution in [0, 0.1) is 14.9 Å². The summed E-state index contributed by atoms with van der Waals surface area (Å²) in [6.07, 6.45) is 0. The number of benzene rings is 1. The first kappa shape index (κ1) is 10.9. The Balaban J connectivity index is 2.46. The molecule has 0 aliphatic rings. The minimum Gasteiger partial charge on any atom is -0.383 e. The second-order valence-electron chi connectivity index (χ2n) is 3.25. The van der Waals surface area contributed by atoms with Gasteiger partial charge in [0, 0.05) is 9.13 Å². The number of hydrogen-bond acceptors (Lipinski definition) is 3. The van der Waals surface area contributed by atoms with Gasteiger partial charge in [-0.25, -0.2) is 4.98 Å². The topological polar surface area (TPSA) is 62.7 Å². The van der Waals surface area contributed by atoms with Crippen molar-refractivity contribution in [3.05, 3.63) is 45.5 Å². The number of aromatic nitrogens is 1. The number of nitrogens with two attached hydrogens (primary N) is 1. The Morgan fingerprint density at radius 3 is 2.38 bits per heavy atom. The van der Waals surface area contributed by atoms with E-state index < -0.39 is 0 Å². The molecule has 0 spiro atoms. The van der Waals surface area contributed by atoms with Crippen LogP contribution in [-0.2, 0) is 0 Å². The van der Waals surface area contributed by atoms with Crippen molar-refractivity contribution < 1.29 is 0 Å². The number of nitrogen functional groups attached to an aromatic ring is 1. The smallest absolute Gasteiger partial charge is 0.142 e. The van der Waals surface area contributed by atoms with Crippen LogP contribution in [-0.4, -0.2) is 4.98 Å². The predicted molar refractivity (Wildman–Crippen MR) is 71.5 cm³/mol. The van der Waals surface area contributed by atoms with Crippen LogP contribution in [0.2, 0.25) is 0 Å². The molecule has 2 aromatic rings. The highest BCUT2D eigenvalue weighted by Crippen LogP contribution is 2.20. The third-order valence-corrected chi connectivity index (χ3v) is 2.90. The molecule has 2 N–H and O–H groups in total. The number of nitriles is 1. The molecule has 0 atom stereocenters. The summed E-state index contributed by atoms with van der Waals surface area (Å²) < 4.78 is 1.17. The molecule has 0 saturated carbocycles. The van der Waals surface area contributed by atoms with E-state index in [1.807, 2.05) is 30.3 Å². The lowest BCUT2D eigenvalue weighted by atomic mass is 10.1. The molecule has 0 fully saturated rings.